The Balaban J connectivity index is 1.81. The van der Waals surface area contributed by atoms with E-state index < -0.39 is 11.9 Å². The highest BCUT2D eigenvalue weighted by Crippen LogP contribution is 2.10. The number of amides is 1. The fourth-order valence-corrected chi connectivity index (χ4v) is 2.45. The zero-order valence-corrected chi connectivity index (χ0v) is 14.4. The number of carbonyl (C=O) groups is 2. The van der Waals surface area contributed by atoms with Crippen molar-refractivity contribution in [2.45, 2.75) is 6.42 Å². The minimum absolute atomic E-state index is 0.0263. The fourth-order valence-electron chi connectivity index (χ4n) is 2.45. The molecule has 1 saturated heterocycles. The number of nitrogens with one attached hydrogen (secondary N) is 2. The van der Waals surface area contributed by atoms with Crippen LogP contribution in [0.25, 0.3) is 0 Å². The molecular weight excluding hydrogens is 336 g/mol. The number of nitriles is 1. The molecule has 1 heterocycles. The Bertz CT molecular complexity index is 688. The lowest BCUT2D eigenvalue weighted by atomic mass is 10.1. The first kappa shape index (κ1) is 19.4. The van der Waals surface area contributed by atoms with Crippen LogP contribution in [0.1, 0.15) is 5.56 Å². The van der Waals surface area contributed by atoms with Gasteiger partial charge in [-0.05, 0) is 17.7 Å². The van der Waals surface area contributed by atoms with Crippen molar-refractivity contribution in [2.24, 2.45) is 0 Å². The summed E-state index contributed by atoms with van der Waals surface area (Å²) in [6.45, 7) is 4.26. The molecule has 1 fully saturated rings. The fraction of sp³-hybridized carbons (Fsp3) is 0.389. The molecule has 2 rings (SSSR count). The van der Waals surface area contributed by atoms with Crippen molar-refractivity contribution in [1.29, 1.82) is 5.26 Å². The summed E-state index contributed by atoms with van der Waals surface area (Å²) >= 11 is 0. The maximum atomic E-state index is 12.1. The van der Waals surface area contributed by atoms with E-state index in [2.05, 4.69) is 15.5 Å². The summed E-state index contributed by atoms with van der Waals surface area (Å²) in [4.78, 5) is 24.9. The van der Waals surface area contributed by atoms with Crippen molar-refractivity contribution >= 4 is 17.6 Å². The number of aliphatic carboxylic acids is 1. The number of rotatable bonds is 8. The molecule has 1 aliphatic rings. The highest BCUT2D eigenvalue weighted by Gasteiger charge is 2.12. The van der Waals surface area contributed by atoms with Crippen LogP contribution in [0.4, 0.5) is 5.69 Å². The standard InChI is InChI=1S/C18H22N4O4/c19-12-15(18(25)20-5-6-22-7-9-26-10-8-22)13-21-16-3-1-14(2-4-16)11-17(23)24/h1-4,13,21H,5-11H2,(H,20,25)(H,23,24)/b15-13-. The summed E-state index contributed by atoms with van der Waals surface area (Å²) in [5.74, 6) is -1.33. The second kappa shape index (κ2) is 10.2. The number of carboxylic acid groups (broad SMARTS) is 1. The number of carbonyl (C=O) groups excluding carboxylic acids is 1. The van der Waals surface area contributed by atoms with Gasteiger partial charge >= 0.3 is 5.97 Å². The van der Waals surface area contributed by atoms with Gasteiger partial charge in [0.1, 0.15) is 11.6 Å². The maximum absolute atomic E-state index is 12.1. The predicted molar refractivity (Wildman–Crippen MR) is 95.4 cm³/mol. The van der Waals surface area contributed by atoms with Crippen LogP contribution in [0.5, 0.6) is 0 Å². The zero-order chi connectivity index (χ0) is 18.8. The minimum atomic E-state index is -0.897. The molecule has 1 amide bonds. The topological polar surface area (TPSA) is 115 Å². The Labute approximate surface area is 152 Å². The molecule has 0 radical (unpaired) electrons. The summed E-state index contributed by atoms with van der Waals surface area (Å²) in [5, 5.41) is 23.5. The average Bonchev–Trinajstić information content (AvgIpc) is 2.64. The number of morpholine rings is 1. The summed E-state index contributed by atoms with van der Waals surface area (Å²) in [6.07, 6.45) is 1.29. The molecule has 0 aliphatic carbocycles. The molecule has 0 atom stereocenters. The van der Waals surface area contributed by atoms with Crippen LogP contribution in [0.2, 0.25) is 0 Å². The second-order valence-corrected chi connectivity index (χ2v) is 5.79. The normalized spacial score (nSPS) is 15.1. The third kappa shape index (κ3) is 6.55. The lowest BCUT2D eigenvalue weighted by molar-refractivity contribution is -0.136. The van der Waals surface area contributed by atoms with Gasteiger partial charge in [-0.25, -0.2) is 0 Å². The van der Waals surface area contributed by atoms with E-state index in [0.717, 1.165) is 13.1 Å². The van der Waals surface area contributed by atoms with Crippen LogP contribution >= 0.6 is 0 Å². The number of nitrogens with zero attached hydrogens (tertiary/aromatic N) is 2. The van der Waals surface area contributed by atoms with Gasteiger partial charge in [-0.2, -0.15) is 5.26 Å². The van der Waals surface area contributed by atoms with Crippen LogP contribution in [0.15, 0.2) is 36.0 Å². The van der Waals surface area contributed by atoms with E-state index in [9.17, 15) is 9.59 Å². The molecule has 0 saturated carbocycles. The Morgan fingerprint density at radius 2 is 1.96 bits per heavy atom. The Kier molecular flexibility index (Phi) is 7.61. The van der Waals surface area contributed by atoms with Gasteiger partial charge in [0.25, 0.3) is 5.91 Å². The zero-order valence-electron chi connectivity index (χ0n) is 14.4. The van der Waals surface area contributed by atoms with Crippen molar-refractivity contribution in [3.8, 4) is 6.07 Å². The first-order valence-corrected chi connectivity index (χ1v) is 8.34. The van der Waals surface area contributed by atoms with E-state index in [-0.39, 0.29) is 12.0 Å². The summed E-state index contributed by atoms with van der Waals surface area (Å²) in [5.41, 5.74) is 1.31. The van der Waals surface area contributed by atoms with Gasteiger partial charge in [-0.15, -0.1) is 0 Å². The maximum Gasteiger partial charge on any atom is 0.307 e. The summed E-state index contributed by atoms with van der Waals surface area (Å²) < 4.78 is 5.26. The van der Waals surface area contributed by atoms with E-state index in [1.165, 1.54) is 6.20 Å². The van der Waals surface area contributed by atoms with Gasteiger partial charge in [0.05, 0.1) is 19.6 Å². The molecule has 8 nitrogen and oxygen atoms in total. The first-order valence-electron chi connectivity index (χ1n) is 8.34. The van der Waals surface area contributed by atoms with E-state index in [0.29, 0.717) is 37.6 Å². The molecule has 8 heteroatoms. The van der Waals surface area contributed by atoms with Crippen LogP contribution in [-0.2, 0) is 20.7 Å². The Hall–Kier alpha value is -2.89. The monoisotopic (exact) mass is 358 g/mol. The van der Waals surface area contributed by atoms with Gasteiger partial charge in [0.2, 0.25) is 0 Å². The van der Waals surface area contributed by atoms with Crippen LogP contribution in [-0.4, -0.2) is 61.3 Å². The summed E-state index contributed by atoms with van der Waals surface area (Å²) in [6, 6.07) is 8.62. The Morgan fingerprint density at radius 1 is 1.27 bits per heavy atom. The number of carboxylic acids is 1. The third-order valence-electron chi connectivity index (χ3n) is 3.87. The van der Waals surface area contributed by atoms with E-state index in [4.69, 9.17) is 15.1 Å². The van der Waals surface area contributed by atoms with Crippen molar-refractivity contribution < 1.29 is 19.4 Å². The van der Waals surface area contributed by atoms with E-state index in [1.807, 2.05) is 6.07 Å². The van der Waals surface area contributed by atoms with Crippen LogP contribution in [0.3, 0.4) is 0 Å². The molecule has 26 heavy (non-hydrogen) atoms. The predicted octanol–water partition coefficient (Wildman–Crippen LogP) is 0.581. The third-order valence-corrected chi connectivity index (χ3v) is 3.87. The Morgan fingerprint density at radius 3 is 2.58 bits per heavy atom. The number of hydrogen-bond donors (Lipinski definition) is 3. The highest BCUT2D eigenvalue weighted by atomic mass is 16.5. The van der Waals surface area contributed by atoms with Crippen LogP contribution in [0, 0.1) is 11.3 Å². The number of benzene rings is 1. The van der Waals surface area contributed by atoms with Gasteiger partial charge in [-0.3, -0.25) is 14.5 Å². The molecule has 0 spiro atoms. The molecule has 138 valence electrons. The van der Waals surface area contributed by atoms with E-state index in [1.54, 1.807) is 24.3 Å². The van der Waals surface area contributed by atoms with Crippen molar-refractivity contribution in [3.05, 3.63) is 41.6 Å². The van der Waals surface area contributed by atoms with Crippen molar-refractivity contribution in [3.63, 3.8) is 0 Å². The highest BCUT2D eigenvalue weighted by molar-refractivity contribution is 5.97. The average molecular weight is 358 g/mol. The molecule has 0 bridgehead atoms. The van der Waals surface area contributed by atoms with Gasteiger partial charge in [0, 0.05) is 38.1 Å². The first-order chi connectivity index (χ1) is 12.6. The van der Waals surface area contributed by atoms with Crippen LogP contribution < -0.4 is 10.6 Å². The van der Waals surface area contributed by atoms with Gasteiger partial charge in [-0.1, -0.05) is 12.1 Å². The number of ether oxygens (including phenoxy) is 1. The molecule has 3 N–H and O–H groups in total. The van der Waals surface area contributed by atoms with Crippen molar-refractivity contribution in [1.82, 2.24) is 10.2 Å². The molecule has 1 aromatic rings. The lowest BCUT2D eigenvalue weighted by Gasteiger charge is -2.26. The smallest absolute Gasteiger partial charge is 0.307 e. The molecule has 0 unspecified atom stereocenters. The summed E-state index contributed by atoms with van der Waals surface area (Å²) in [7, 11) is 0. The van der Waals surface area contributed by atoms with Crippen molar-refractivity contribution in [2.75, 3.05) is 44.7 Å². The lowest BCUT2D eigenvalue weighted by Crippen LogP contribution is -2.41. The number of hydrogen-bond acceptors (Lipinski definition) is 6. The van der Waals surface area contributed by atoms with Gasteiger partial charge in [0.15, 0.2) is 0 Å². The molecule has 1 aliphatic heterocycles. The number of anilines is 1. The SMILES string of the molecule is N#C/C(=C/Nc1ccc(CC(=O)O)cc1)C(=O)NCCN1CCOCC1. The van der Waals surface area contributed by atoms with Gasteiger partial charge < -0.3 is 20.5 Å². The molecule has 1 aromatic carbocycles. The molecular formula is C18H22N4O4. The largest absolute Gasteiger partial charge is 0.481 e. The minimum Gasteiger partial charge on any atom is -0.481 e. The molecule has 0 aromatic heterocycles. The second-order valence-electron chi connectivity index (χ2n) is 5.79. The van der Waals surface area contributed by atoms with E-state index >= 15 is 0 Å². The quantitative estimate of drug-likeness (QED) is 0.460.